The summed E-state index contributed by atoms with van der Waals surface area (Å²) in [5, 5.41) is 12.3. The van der Waals surface area contributed by atoms with Crippen LogP contribution in [0.25, 0.3) is 0 Å². The molecule has 1 aromatic carbocycles. The number of halogens is 1. The van der Waals surface area contributed by atoms with Crippen molar-refractivity contribution in [2.45, 2.75) is 20.3 Å². The molecule has 0 aromatic heterocycles. The van der Waals surface area contributed by atoms with Crippen LogP contribution in [0.5, 0.6) is 5.75 Å². The van der Waals surface area contributed by atoms with E-state index in [-0.39, 0.29) is 24.5 Å². The minimum atomic E-state index is -0.189. The monoisotopic (exact) mass is 285 g/mol. The number of amides is 1. The van der Waals surface area contributed by atoms with Gasteiger partial charge in [0.25, 0.3) is 5.91 Å². The van der Waals surface area contributed by atoms with Gasteiger partial charge in [-0.3, -0.25) is 4.79 Å². The minimum Gasteiger partial charge on any atom is -0.484 e. The lowest BCUT2D eigenvalue weighted by atomic mass is 9.90. The highest BCUT2D eigenvalue weighted by molar-refractivity contribution is 6.30. The van der Waals surface area contributed by atoms with Crippen LogP contribution >= 0.6 is 11.6 Å². The van der Waals surface area contributed by atoms with Crippen LogP contribution in [-0.2, 0) is 4.79 Å². The molecule has 1 rings (SSSR count). The second kappa shape index (κ2) is 7.36. The van der Waals surface area contributed by atoms with Gasteiger partial charge in [-0.1, -0.05) is 31.5 Å². The highest BCUT2D eigenvalue weighted by atomic mass is 35.5. The van der Waals surface area contributed by atoms with E-state index in [4.69, 9.17) is 21.4 Å². The molecule has 19 heavy (non-hydrogen) atoms. The van der Waals surface area contributed by atoms with Gasteiger partial charge in [-0.05, 0) is 30.0 Å². The Morgan fingerprint density at radius 3 is 2.84 bits per heavy atom. The summed E-state index contributed by atoms with van der Waals surface area (Å²) in [7, 11) is 0. The molecule has 0 aliphatic rings. The first-order chi connectivity index (χ1) is 8.93. The van der Waals surface area contributed by atoms with Crippen molar-refractivity contribution in [1.29, 1.82) is 0 Å². The molecule has 0 aliphatic carbocycles. The molecule has 0 saturated heterocycles. The van der Waals surface area contributed by atoms with Crippen LogP contribution in [0.2, 0.25) is 5.02 Å². The lowest BCUT2D eigenvalue weighted by Crippen LogP contribution is -2.37. The molecule has 1 aromatic rings. The first-order valence-electron chi connectivity index (χ1n) is 6.19. The Balaban J connectivity index is 2.32. The summed E-state index contributed by atoms with van der Waals surface area (Å²) in [4.78, 5) is 11.6. The zero-order valence-electron chi connectivity index (χ0n) is 11.3. The van der Waals surface area contributed by atoms with E-state index in [9.17, 15) is 4.79 Å². The molecule has 0 saturated carbocycles. The molecule has 0 bridgehead atoms. The number of nitrogens with one attached hydrogen (secondary N) is 1. The molecule has 0 heterocycles. The summed E-state index contributed by atoms with van der Waals surface area (Å²) in [6.07, 6.45) is 0.641. The molecular weight excluding hydrogens is 266 g/mol. The van der Waals surface area contributed by atoms with Gasteiger partial charge in [0.1, 0.15) is 5.75 Å². The zero-order valence-corrected chi connectivity index (χ0v) is 12.0. The Morgan fingerprint density at radius 1 is 1.47 bits per heavy atom. The third-order valence-electron chi connectivity index (χ3n) is 2.72. The first-order valence-corrected chi connectivity index (χ1v) is 6.57. The third-order valence-corrected chi connectivity index (χ3v) is 2.95. The Bertz CT molecular complexity index is 421. The van der Waals surface area contributed by atoms with Crippen molar-refractivity contribution in [3.63, 3.8) is 0 Å². The van der Waals surface area contributed by atoms with Crippen LogP contribution in [0.1, 0.15) is 20.3 Å². The molecule has 0 fully saturated rings. The SMILES string of the molecule is CC(C)(CCO)CNC(=O)COc1cccc(Cl)c1. The van der Waals surface area contributed by atoms with Crippen LogP contribution in [0, 0.1) is 5.41 Å². The van der Waals surface area contributed by atoms with Gasteiger partial charge >= 0.3 is 0 Å². The summed E-state index contributed by atoms with van der Waals surface area (Å²) >= 11 is 5.81. The van der Waals surface area contributed by atoms with Gasteiger partial charge in [0, 0.05) is 18.2 Å². The number of rotatable bonds is 7. The summed E-state index contributed by atoms with van der Waals surface area (Å²) < 4.78 is 5.33. The Kier molecular flexibility index (Phi) is 6.12. The van der Waals surface area contributed by atoms with Crippen molar-refractivity contribution in [3.05, 3.63) is 29.3 Å². The number of ether oxygens (including phenoxy) is 1. The highest BCUT2D eigenvalue weighted by Gasteiger charge is 2.18. The predicted octanol–water partition coefficient (Wildman–Crippen LogP) is 2.24. The van der Waals surface area contributed by atoms with E-state index in [1.807, 2.05) is 13.8 Å². The van der Waals surface area contributed by atoms with E-state index < -0.39 is 0 Å². The molecule has 0 unspecified atom stereocenters. The number of benzene rings is 1. The maximum Gasteiger partial charge on any atom is 0.257 e. The Hall–Kier alpha value is -1.26. The average molecular weight is 286 g/mol. The fourth-order valence-electron chi connectivity index (χ4n) is 1.49. The molecule has 0 spiro atoms. The van der Waals surface area contributed by atoms with Crippen LogP contribution in [-0.4, -0.2) is 30.8 Å². The number of carbonyl (C=O) groups excluding carboxylic acids is 1. The zero-order chi connectivity index (χ0) is 14.3. The molecule has 0 radical (unpaired) electrons. The lowest BCUT2D eigenvalue weighted by Gasteiger charge is -2.23. The molecule has 1 amide bonds. The number of hydrogen-bond acceptors (Lipinski definition) is 3. The molecule has 0 aliphatic heterocycles. The molecule has 4 nitrogen and oxygen atoms in total. The predicted molar refractivity (Wildman–Crippen MR) is 75.4 cm³/mol. The smallest absolute Gasteiger partial charge is 0.257 e. The van der Waals surface area contributed by atoms with Gasteiger partial charge in [-0.25, -0.2) is 0 Å². The van der Waals surface area contributed by atoms with Gasteiger partial charge in [0.05, 0.1) is 0 Å². The van der Waals surface area contributed by atoms with E-state index >= 15 is 0 Å². The molecule has 106 valence electrons. The average Bonchev–Trinajstić information content (AvgIpc) is 2.34. The van der Waals surface area contributed by atoms with Gasteiger partial charge in [0.2, 0.25) is 0 Å². The van der Waals surface area contributed by atoms with Gasteiger partial charge in [-0.2, -0.15) is 0 Å². The van der Waals surface area contributed by atoms with Crippen molar-refractivity contribution in [2.24, 2.45) is 5.41 Å². The van der Waals surface area contributed by atoms with E-state index in [0.717, 1.165) is 0 Å². The summed E-state index contributed by atoms with van der Waals surface area (Å²) in [5.74, 6) is 0.378. The number of aliphatic hydroxyl groups is 1. The van der Waals surface area contributed by atoms with Gasteiger partial charge in [-0.15, -0.1) is 0 Å². The summed E-state index contributed by atoms with van der Waals surface area (Å²) in [6, 6.07) is 6.91. The standard InChI is InChI=1S/C14H20ClNO3/c1-14(2,6-7-17)10-16-13(18)9-19-12-5-3-4-11(15)8-12/h3-5,8,17H,6-7,9-10H2,1-2H3,(H,16,18). The number of aliphatic hydroxyl groups excluding tert-OH is 1. The fourth-order valence-corrected chi connectivity index (χ4v) is 1.67. The normalized spacial score (nSPS) is 11.2. The van der Waals surface area contributed by atoms with E-state index in [1.165, 1.54) is 0 Å². The summed E-state index contributed by atoms with van der Waals surface area (Å²) in [6.45, 7) is 4.55. The first kappa shape index (κ1) is 15.8. The van der Waals surface area contributed by atoms with Crippen molar-refractivity contribution in [2.75, 3.05) is 19.8 Å². The van der Waals surface area contributed by atoms with Gasteiger partial charge < -0.3 is 15.2 Å². The maximum absolute atomic E-state index is 11.6. The Labute approximate surface area is 118 Å². The second-order valence-electron chi connectivity index (χ2n) is 5.16. The lowest BCUT2D eigenvalue weighted by molar-refractivity contribution is -0.123. The molecular formula is C14H20ClNO3. The van der Waals surface area contributed by atoms with Crippen LogP contribution in [0.3, 0.4) is 0 Å². The molecule has 5 heteroatoms. The van der Waals surface area contributed by atoms with E-state index in [2.05, 4.69) is 5.32 Å². The maximum atomic E-state index is 11.6. The Morgan fingerprint density at radius 2 is 2.21 bits per heavy atom. The van der Waals surface area contributed by atoms with E-state index in [1.54, 1.807) is 24.3 Å². The topological polar surface area (TPSA) is 58.6 Å². The quantitative estimate of drug-likeness (QED) is 0.808. The highest BCUT2D eigenvalue weighted by Crippen LogP contribution is 2.18. The largest absolute Gasteiger partial charge is 0.484 e. The third kappa shape index (κ3) is 6.45. The van der Waals surface area contributed by atoms with E-state index in [0.29, 0.717) is 23.7 Å². The summed E-state index contributed by atoms with van der Waals surface area (Å²) in [5.41, 5.74) is -0.125. The minimum absolute atomic E-state index is 0.0461. The van der Waals surface area contributed by atoms with Crippen LogP contribution in [0.4, 0.5) is 0 Å². The number of hydrogen-bond donors (Lipinski definition) is 2. The molecule has 2 N–H and O–H groups in total. The van der Waals surface area contributed by atoms with Crippen LogP contribution < -0.4 is 10.1 Å². The van der Waals surface area contributed by atoms with Crippen molar-refractivity contribution >= 4 is 17.5 Å². The van der Waals surface area contributed by atoms with Crippen molar-refractivity contribution < 1.29 is 14.6 Å². The van der Waals surface area contributed by atoms with Crippen LogP contribution in [0.15, 0.2) is 24.3 Å². The van der Waals surface area contributed by atoms with Crippen molar-refractivity contribution in [3.8, 4) is 5.75 Å². The number of carbonyl (C=O) groups is 1. The second-order valence-corrected chi connectivity index (χ2v) is 5.60. The molecule has 0 atom stereocenters. The van der Waals surface area contributed by atoms with Gasteiger partial charge in [0.15, 0.2) is 6.61 Å². The fraction of sp³-hybridized carbons (Fsp3) is 0.500. The van der Waals surface area contributed by atoms with Crippen molar-refractivity contribution in [1.82, 2.24) is 5.32 Å².